The SMILES string of the molecule is CN1CCN(c2ccccc2C=C2OCCN(c3ccc(Cl)c(Cl)c3)C2=O)CC1. The molecule has 4 rings (SSSR count). The van der Waals surface area contributed by atoms with E-state index in [1.54, 1.807) is 23.1 Å². The Morgan fingerprint density at radius 2 is 1.72 bits per heavy atom. The third kappa shape index (κ3) is 4.37. The highest BCUT2D eigenvalue weighted by Crippen LogP contribution is 2.30. The molecule has 5 nitrogen and oxygen atoms in total. The summed E-state index contributed by atoms with van der Waals surface area (Å²) in [6, 6.07) is 13.3. The molecule has 152 valence electrons. The van der Waals surface area contributed by atoms with Crippen molar-refractivity contribution >= 4 is 46.6 Å². The van der Waals surface area contributed by atoms with Crippen LogP contribution in [-0.2, 0) is 9.53 Å². The molecule has 1 amide bonds. The number of para-hydroxylation sites is 1. The number of morpholine rings is 1. The predicted molar refractivity (Wildman–Crippen MR) is 119 cm³/mol. The van der Waals surface area contributed by atoms with Crippen molar-refractivity contribution in [1.82, 2.24) is 4.90 Å². The van der Waals surface area contributed by atoms with Crippen molar-refractivity contribution in [2.24, 2.45) is 0 Å². The number of benzene rings is 2. The van der Waals surface area contributed by atoms with E-state index in [0.29, 0.717) is 34.6 Å². The lowest BCUT2D eigenvalue weighted by molar-refractivity contribution is -0.120. The molecule has 0 atom stereocenters. The van der Waals surface area contributed by atoms with Crippen LogP contribution in [0, 0.1) is 0 Å². The maximum atomic E-state index is 13.1. The number of hydrogen-bond acceptors (Lipinski definition) is 4. The number of halogens is 2. The van der Waals surface area contributed by atoms with Crippen LogP contribution in [0.3, 0.4) is 0 Å². The van der Waals surface area contributed by atoms with Gasteiger partial charge in [-0.1, -0.05) is 41.4 Å². The second-order valence-electron chi connectivity index (χ2n) is 7.26. The first kappa shape index (κ1) is 20.1. The molecule has 0 bridgehead atoms. The Labute approximate surface area is 181 Å². The molecule has 0 N–H and O–H groups in total. The van der Waals surface area contributed by atoms with E-state index in [2.05, 4.69) is 22.9 Å². The first-order chi connectivity index (χ1) is 14.0. The second kappa shape index (κ2) is 8.66. The highest BCUT2D eigenvalue weighted by molar-refractivity contribution is 6.42. The summed E-state index contributed by atoms with van der Waals surface area (Å²) in [6.45, 7) is 4.85. The number of hydrogen-bond donors (Lipinski definition) is 0. The monoisotopic (exact) mass is 431 g/mol. The van der Waals surface area contributed by atoms with Crippen molar-refractivity contribution in [3.05, 3.63) is 63.8 Å². The topological polar surface area (TPSA) is 36.0 Å². The molecular weight excluding hydrogens is 409 g/mol. The first-order valence-electron chi connectivity index (χ1n) is 9.67. The Kier molecular flexibility index (Phi) is 5.99. The molecule has 29 heavy (non-hydrogen) atoms. The van der Waals surface area contributed by atoms with Crippen molar-refractivity contribution in [1.29, 1.82) is 0 Å². The fourth-order valence-electron chi connectivity index (χ4n) is 3.63. The summed E-state index contributed by atoms with van der Waals surface area (Å²) >= 11 is 12.2. The van der Waals surface area contributed by atoms with Crippen LogP contribution in [-0.4, -0.2) is 57.2 Å². The van der Waals surface area contributed by atoms with Crippen molar-refractivity contribution in [3.8, 4) is 0 Å². The van der Waals surface area contributed by atoms with Gasteiger partial charge in [0.2, 0.25) is 0 Å². The van der Waals surface area contributed by atoms with Gasteiger partial charge in [0.25, 0.3) is 5.91 Å². The Hall–Kier alpha value is -2.21. The van der Waals surface area contributed by atoms with Crippen molar-refractivity contribution < 1.29 is 9.53 Å². The zero-order valence-corrected chi connectivity index (χ0v) is 17.8. The second-order valence-corrected chi connectivity index (χ2v) is 8.08. The van der Waals surface area contributed by atoms with Crippen LogP contribution in [0.1, 0.15) is 5.56 Å². The molecule has 0 aliphatic carbocycles. The summed E-state index contributed by atoms with van der Waals surface area (Å²) in [7, 11) is 2.14. The lowest BCUT2D eigenvalue weighted by atomic mass is 10.1. The molecule has 0 saturated carbocycles. The van der Waals surface area contributed by atoms with Gasteiger partial charge in [-0.15, -0.1) is 0 Å². The average molecular weight is 432 g/mol. The Balaban J connectivity index is 1.61. The zero-order chi connectivity index (χ0) is 20.4. The predicted octanol–water partition coefficient (Wildman–Crippen LogP) is 4.15. The minimum Gasteiger partial charge on any atom is -0.486 e. The van der Waals surface area contributed by atoms with E-state index in [0.717, 1.165) is 37.4 Å². The van der Waals surface area contributed by atoms with Gasteiger partial charge in [0.05, 0.1) is 16.6 Å². The van der Waals surface area contributed by atoms with Crippen LogP contribution in [0.15, 0.2) is 48.2 Å². The summed E-state index contributed by atoms with van der Waals surface area (Å²) in [5.74, 6) is 0.159. The summed E-state index contributed by atoms with van der Waals surface area (Å²) in [4.78, 5) is 19.4. The van der Waals surface area contributed by atoms with E-state index in [9.17, 15) is 4.79 Å². The quantitative estimate of drug-likeness (QED) is 0.683. The van der Waals surface area contributed by atoms with E-state index in [1.165, 1.54) is 0 Å². The van der Waals surface area contributed by atoms with Gasteiger partial charge in [-0.05, 0) is 37.4 Å². The number of rotatable bonds is 3. The van der Waals surface area contributed by atoms with Crippen LogP contribution >= 0.6 is 23.2 Å². The molecule has 2 aromatic carbocycles. The largest absolute Gasteiger partial charge is 0.486 e. The lowest BCUT2D eigenvalue weighted by Crippen LogP contribution is -2.44. The zero-order valence-electron chi connectivity index (χ0n) is 16.3. The van der Waals surface area contributed by atoms with Gasteiger partial charge in [-0.2, -0.15) is 0 Å². The minimum absolute atomic E-state index is 0.178. The van der Waals surface area contributed by atoms with Crippen LogP contribution < -0.4 is 9.80 Å². The molecule has 2 aromatic rings. The maximum Gasteiger partial charge on any atom is 0.293 e. The van der Waals surface area contributed by atoms with Gasteiger partial charge in [0, 0.05) is 43.1 Å². The summed E-state index contributed by atoms with van der Waals surface area (Å²) in [6.07, 6.45) is 1.85. The third-order valence-electron chi connectivity index (χ3n) is 5.31. The normalized spacial score (nSPS) is 19.6. The number of carbonyl (C=O) groups excluding carboxylic acids is 1. The molecule has 2 aliphatic heterocycles. The molecule has 0 unspecified atom stereocenters. The van der Waals surface area contributed by atoms with Crippen molar-refractivity contribution in [3.63, 3.8) is 0 Å². The number of ether oxygens (including phenoxy) is 1. The minimum atomic E-state index is -0.178. The van der Waals surface area contributed by atoms with Gasteiger partial charge in [0.1, 0.15) is 6.61 Å². The number of piperazine rings is 1. The van der Waals surface area contributed by atoms with Crippen LogP contribution in [0.2, 0.25) is 10.0 Å². The highest BCUT2D eigenvalue weighted by Gasteiger charge is 2.27. The van der Waals surface area contributed by atoms with Crippen LogP contribution in [0.25, 0.3) is 6.08 Å². The summed E-state index contributed by atoms with van der Waals surface area (Å²) in [5.41, 5.74) is 2.82. The van der Waals surface area contributed by atoms with Crippen LogP contribution in [0.4, 0.5) is 11.4 Å². The van der Waals surface area contributed by atoms with Gasteiger partial charge in [-0.25, -0.2) is 0 Å². The van der Waals surface area contributed by atoms with E-state index in [1.807, 2.05) is 24.3 Å². The Morgan fingerprint density at radius 1 is 0.966 bits per heavy atom. The van der Waals surface area contributed by atoms with Crippen LogP contribution in [0.5, 0.6) is 0 Å². The van der Waals surface area contributed by atoms with E-state index >= 15 is 0 Å². The van der Waals surface area contributed by atoms with Gasteiger partial charge in [-0.3, -0.25) is 4.79 Å². The van der Waals surface area contributed by atoms with E-state index < -0.39 is 0 Å². The summed E-state index contributed by atoms with van der Waals surface area (Å²) in [5, 5.41) is 0.891. The number of likely N-dealkylation sites (N-methyl/N-ethyl adjacent to an activating group) is 1. The molecule has 0 aromatic heterocycles. The lowest BCUT2D eigenvalue weighted by Gasteiger charge is -2.35. The fourth-order valence-corrected chi connectivity index (χ4v) is 3.92. The number of carbonyl (C=O) groups is 1. The van der Waals surface area contributed by atoms with Gasteiger partial charge < -0.3 is 19.4 Å². The third-order valence-corrected chi connectivity index (χ3v) is 6.05. The molecule has 2 aliphatic rings. The molecule has 0 radical (unpaired) electrons. The van der Waals surface area contributed by atoms with E-state index in [4.69, 9.17) is 27.9 Å². The Morgan fingerprint density at radius 3 is 2.48 bits per heavy atom. The molecule has 7 heteroatoms. The molecule has 2 fully saturated rings. The van der Waals surface area contributed by atoms with Gasteiger partial charge >= 0.3 is 0 Å². The number of amides is 1. The van der Waals surface area contributed by atoms with Crippen molar-refractivity contribution in [2.45, 2.75) is 0 Å². The van der Waals surface area contributed by atoms with E-state index in [-0.39, 0.29) is 5.91 Å². The Bertz CT molecular complexity index is 939. The first-order valence-corrected chi connectivity index (χ1v) is 10.4. The van der Waals surface area contributed by atoms with Gasteiger partial charge in [0.15, 0.2) is 5.76 Å². The summed E-state index contributed by atoms with van der Waals surface area (Å²) < 4.78 is 5.74. The highest BCUT2D eigenvalue weighted by atomic mass is 35.5. The fraction of sp³-hybridized carbons (Fsp3) is 0.318. The standard InChI is InChI=1S/C22H23Cl2N3O2/c1-25-8-10-26(11-9-25)20-5-3-2-4-16(20)14-21-22(28)27(12-13-29-21)17-6-7-18(23)19(24)15-17/h2-7,14-15H,8-13H2,1H3. The molecule has 2 saturated heterocycles. The van der Waals surface area contributed by atoms with Crippen molar-refractivity contribution in [2.75, 3.05) is 56.2 Å². The maximum absolute atomic E-state index is 13.1. The molecular formula is C22H23Cl2N3O2. The molecule has 0 spiro atoms. The number of nitrogens with zero attached hydrogens (tertiary/aromatic N) is 3. The molecule has 2 heterocycles. The average Bonchev–Trinajstić information content (AvgIpc) is 2.73. The smallest absolute Gasteiger partial charge is 0.293 e. The number of anilines is 2.